The van der Waals surface area contributed by atoms with Gasteiger partial charge in [0.1, 0.15) is 5.75 Å². The average molecular weight is 327 g/mol. The van der Waals surface area contributed by atoms with Crippen molar-refractivity contribution in [3.05, 3.63) is 23.8 Å². The van der Waals surface area contributed by atoms with Crippen LogP contribution in [0.25, 0.3) is 0 Å². The maximum absolute atomic E-state index is 13.0. The molecule has 0 spiro atoms. The second-order valence-corrected chi connectivity index (χ2v) is 5.80. The number of anilines is 1. The molecule has 2 N–H and O–H groups in total. The number of nitrogens with two attached hydrogens (primary N) is 1. The topological polar surface area (TPSA) is 64.8 Å². The van der Waals surface area contributed by atoms with Gasteiger partial charge in [-0.2, -0.15) is 0 Å². The molecule has 22 heavy (non-hydrogen) atoms. The van der Waals surface area contributed by atoms with Gasteiger partial charge in [-0.05, 0) is 43.0 Å². The van der Waals surface area contributed by atoms with Crippen molar-refractivity contribution in [1.82, 2.24) is 0 Å². The Morgan fingerprint density at radius 2 is 2.14 bits per heavy atom. The fraction of sp³-hybridized carbons (Fsp3) is 0.562. The van der Waals surface area contributed by atoms with Crippen LogP contribution in [-0.2, 0) is 16.0 Å². The van der Waals surface area contributed by atoms with E-state index in [0.717, 1.165) is 24.4 Å². The lowest BCUT2D eigenvalue weighted by molar-refractivity contribution is -0.132. The van der Waals surface area contributed by atoms with Crippen LogP contribution in [0.15, 0.2) is 18.2 Å². The van der Waals surface area contributed by atoms with Crippen molar-refractivity contribution < 1.29 is 14.3 Å². The third-order valence-corrected chi connectivity index (χ3v) is 4.72. The fourth-order valence-electron chi connectivity index (χ4n) is 3.27. The second kappa shape index (κ2) is 6.86. The largest absolute Gasteiger partial charge is 0.497 e. The first-order valence-electron chi connectivity index (χ1n) is 7.47. The number of hydrogen-bond acceptors (Lipinski definition) is 4. The highest BCUT2D eigenvalue weighted by molar-refractivity contribution is 5.99. The van der Waals surface area contributed by atoms with Gasteiger partial charge in [0.15, 0.2) is 0 Å². The minimum Gasteiger partial charge on any atom is -0.497 e. The Kier molecular flexibility index (Phi) is 5.32. The first-order chi connectivity index (χ1) is 10.2. The Hall–Kier alpha value is -1.30. The Morgan fingerprint density at radius 1 is 1.41 bits per heavy atom. The molecular weight excluding hydrogens is 304 g/mol. The van der Waals surface area contributed by atoms with Crippen molar-refractivity contribution in [2.24, 2.45) is 11.1 Å². The molecule has 0 aliphatic carbocycles. The van der Waals surface area contributed by atoms with Crippen molar-refractivity contribution in [1.29, 1.82) is 0 Å². The molecule has 6 heteroatoms. The molecular formula is C16H23ClN2O3. The maximum atomic E-state index is 13.0. The molecule has 0 radical (unpaired) electrons. The van der Waals surface area contributed by atoms with Crippen LogP contribution < -0.4 is 15.4 Å². The number of nitrogens with zero attached hydrogens (tertiary/aromatic N) is 1. The number of hydrogen-bond donors (Lipinski definition) is 1. The van der Waals surface area contributed by atoms with Crippen LogP contribution >= 0.6 is 12.4 Å². The smallest absolute Gasteiger partial charge is 0.234 e. The monoisotopic (exact) mass is 326 g/mol. The Labute approximate surface area is 137 Å². The molecule has 122 valence electrons. The predicted molar refractivity (Wildman–Crippen MR) is 87.8 cm³/mol. The predicted octanol–water partition coefficient (Wildman–Crippen LogP) is 1.76. The molecule has 0 saturated carbocycles. The normalized spacial score (nSPS) is 19.3. The molecule has 2 aliphatic heterocycles. The third kappa shape index (κ3) is 2.81. The summed E-state index contributed by atoms with van der Waals surface area (Å²) in [4.78, 5) is 14.9. The molecule has 1 fully saturated rings. The maximum Gasteiger partial charge on any atom is 0.234 e. The van der Waals surface area contributed by atoms with E-state index < -0.39 is 5.41 Å². The highest BCUT2D eigenvalue weighted by Gasteiger charge is 2.43. The molecule has 5 nitrogen and oxygen atoms in total. The van der Waals surface area contributed by atoms with Crippen molar-refractivity contribution >= 4 is 24.0 Å². The Balaban J connectivity index is 0.00000176. The van der Waals surface area contributed by atoms with E-state index in [4.69, 9.17) is 15.2 Å². The standard InChI is InChI=1S/C16H22N2O3.ClH/c1-20-13-2-3-14-12(10-13)4-7-18(14)15(19)16(11-17)5-8-21-9-6-16;/h2-3,10H,4-9,11,17H2,1H3;1H. The van der Waals surface area contributed by atoms with Crippen LogP contribution in [-0.4, -0.2) is 39.3 Å². The van der Waals surface area contributed by atoms with Crippen LogP contribution in [0.4, 0.5) is 5.69 Å². The molecule has 2 heterocycles. The average Bonchev–Trinajstić information content (AvgIpc) is 2.97. The Morgan fingerprint density at radius 3 is 2.77 bits per heavy atom. The molecule has 1 amide bonds. The number of rotatable bonds is 3. The van der Waals surface area contributed by atoms with E-state index in [1.807, 2.05) is 23.1 Å². The lowest BCUT2D eigenvalue weighted by Crippen LogP contribution is -2.50. The minimum absolute atomic E-state index is 0. The van der Waals surface area contributed by atoms with Gasteiger partial charge in [-0.1, -0.05) is 0 Å². The van der Waals surface area contributed by atoms with Gasteiger partial charge >= 0.3 is 0 Å². The van der Waals surface area contributed by atoms with Crippen LogP contribution in [0.2, 0.25) is 0 Å². The number of carbonyl (C=O) groups is 1. The van der Waals surface area contributed by atoms with E-state index in [2.05, 4.69) is 0 Å². The van der Waals surface area contributed by atoms with Crippen molar-refractivity contribution in [3.63, 3.8) is 0 Å². The first kappa shape index (κ1) is 17.1. The van der Waals surface area contributed by atoms with Gasteiger partial charge in [0.2, 0.25) is 5.91 Å². The highest BCUT2D eigenvalue weighted by Crippen LogP contribution is 2.38. The number of halogens is 1. The van der Waals surface area contributed by atoms with Crippen LogP contribution in [0.5, 0.6) is 5.75 Å². The zero-order valence-corrected chi connectivity index (χ0v) is 13.7. The van der Waals surface area contributed by atoms with E-state index in [1.165, 1.54) is 5.56 Å². The van der Waals surface area contributed by atoms with Gasteiger partial charge in [0, 0.05) is 32.0 Å². The molecule has 2 aliphatic rings. The highest BCUT2D eigenvalue weighted by atomic mass is 35.5. The number of ether oxygens (including phenoxy) is 2. The molecule has 3 rings (SSSR count). The molecule has 0 aromatic heterocycles. The summed E-state index contributed by atoms with van der Waals surface area (Å²) in [6, 6.07) is 5.90. The van der Waals surface area contributed by atoms with Crippen molar-refractivity contribution in [3.8, 4) is 5.75 Å². The van der Waals surface area contributed by atoms with Crippen molar-refractivity contribution in [2.75, 3.05) is 38.3 Å². The van der Waals surface area contributed by atoms with Crippen LogP contribution in [0.1, 0.15) is 18.4 Å². The van der Waals surface area contributed by atoms with Gasteiger partial charge in [-0.25, -0.2) is 0 Å². The van der Waals surface area contributed by atoms with E-state index in [0.29, 0.717) is 32.6 Å². The number of fused-ring (bicyclic) bond motifs is 1. The van der Waals surface area contributed by atoms with E-state index in [-0.39, 0.29) is 18.3 Å². The lowest BCUT2D eigenvalue weighted by atomic mass is 9.79. The quantitative estimate of drug-likeness (QED) is 0.919. The lowest BCUT2D eigenvalue weighted by Gasteiger charge is -2.37. The van der Waals surface area contributed by atoms with Crippen molar-refractivity contribution in [2.45, 2.75) is 19.3 Å². The zero-order valence-electron chi connectivity index (χ0n) is 12.8. The summed E-state index contributed by atoms with van der Waals surface area (Å²) in [5, 5.41) is 0. The summed E-state index contributed by atoms with van der Waals surface area (Å²) >= 11 is 0. The first-order valence-corrected chi connectivity index (χ1v) is 7.47. The van der Waals surface area contributed by atoms with Crippen LogP contribution in [0, 0.1) is 5.41 Å². The molecule has 1 aromatic rings. The number of benzene rings is 1. The second-order valence-electron chi connectivity index (χ2n) is 5.80. The van der Waals surface area contributed by atoms with Gasteiger partial charge in [0.25, 0.3) is 0 Å². The van der Waals surface area contributed by atoms with Gasteiger partial charge in [0.05, 0.1) is 12.5 Å². The molecule has 0 atom stereocenters. The summed E-state index contributed by atoms with van der Waals surface area (Å²) in [5.74, 6) is 0.986. The number of carbonyl (C=O) groups excluding carboxylic acids is 1. The molecule has 0 bridgehead atoms. The van der Waals surface area contributed by atoms with E-state index in [9.17, 15) is 4.79 Å². The van der Waals surface area contributed by atoms with E-state index >= 15 is 0 Å². The SMILES string of the molecule is COc1ccc2c(c1)CCN2C(=O)C1(CN)CCOCC1.Cl. The summed E-state index contributed by atoms with van der Waals surface area (Å²) in [7, 11) is 1.66. The molecule has 0 unspecified atom stereocenters. The summed E-state index contributed by atoms with van der Waals surface area (Å²) in [6.45, 7) is 2.35. The summed E-state index contributed by atoms with van der Waals surface area (Å²) < 4.78 is 10.6. The number of amides is 1. The van der Waals surface area contributed by atoms with E-state index in [1.54, 1.807) is 7.11 Å². The Bertz CT molecular complexity index is 544. The summed E-state index contributed by atoms with van der Waals surface area (Å²) in [5.41, 5.74) is 7.66. The van der Waals surface area contributed by atoms with Gasteiger partial charge in [-0.15, -0.1) is 12.4 Å². The summed E-state index contributed by atoms with van der Waals surface area (Å²) in [6.07, 6.45) is 2.30. The minimum atomic E-state index is -0.459. The molecule has 1 aromatic carbocycles. The zero-order chi connectivity index (χ0) is 14.9. The third-order valence-electron chi connectivity index (χ3n) is 4.72. The van der Waals surface area contributed by atoms with Gasteiger partial charge < -0.3 is 20.1 Å². The van der Waals surface area contributed by atoms with Crippen LogP contribution in [0.3, 0.4) is 0 Å². The molecule has 1 saturated heterocycles. The fourth-order valence-corrected chi connectivity index (χ4v) is 3.27. The van der Waals surface area contributed by atoms with Gasteiger partial charge in [-0.3, -0.25) is 4.79 Å². The number of methoxy groups -OCH3 is 1.